The van der Waals surface area contributed by atoms with E-state index in [1.807, 2.05) is 0 Å². The molecule has 3 saturated carbocycles. The van der Waals surface area contributed by atoms with Crippen molar-refractivity contribution in [2.75, 3.05) is 0 Å². The van der Waals surface area contributed by atoms with Gasteiger partial charge in [-0.15, -0.1) is 0 Å². The molecule has 0 nitrogen and oxygen atoms in total. The molecule has 1 spiro atoms. The summed E-state index contributed by atoms with van der Waals surface area (Å²) in [5.41, 5.74) is 2.03. The normalized spacial score (nSPS) is 52.2. The average molecular weight is 234 g/mol. The first-order valence-corrected chi connectivity index (χ1v) is 7.93. The van der Waals surface area contributed by atoms with Gasteiger partial charge in [0, 0.05) is 0 Å². The highest BCUT2D eigenvalue weighted by atomic mass is 14.7. The minimum absolute atomic E-state index is 0.606. The lowest BCUT2D eigenvalue weighted by molar-refractivity contribution is -0.00596. The molecule has 4 unspecified atom stereocenters. The Morgan fingerprint density at radius 1 is 1.06 bits per heavy atom. The predicted molar refractivity (Wildman–Crippen MR) is 73.9 cm³/mol. The maximum Gasteiger partial charge on any atom is -0.0233 e. The van der Waals surface area contributed by atoms with Crippen LogP contribution in [0.2, 0.25) is 0 Å². The van der Waals surface area contributed by atoms with Crippen molar-refractivity contribution in [1.29, 1.82) is 0 Å². The largest absolute Gasteiger partial charge is 0.0651 e. The zero-order valence-corrected chi connectivity index (χ0v) is 12.3. The number of fused-ring (bicyclic) bond motifs is 1. The molecule has 0 aromatic heterocycles. The summed E-state index contributed by atoms with van der Waals surface area (Å²) < 4.78 is 0. The predicted octanol–water partition coefficient (Wildman–Crippen LogP) is 5.42. The molecular weight excluding hydrogens is 204 g/mol. The van der Waals surface area contributed by atoms with Crippen LogP contribution in [-0.2, 0) is 0 Å². The van der Waals surface area contributed by atoms with Crippen molar-refractivity contribution in [3.05, 3.63) is 0 Å². The third-order valence-corrected chi connectivity index (χ3v) is 7.05. The van der Waals surface area contributed by atoms with Gasteiger partial charge in [0.15, 0.2) is 0 Å². The van der Waals surface area contributed by atoms with Crippen LogP contribution in [0.4, 0.5) is 0 Å². The van der Waals surface area contributed by atoms with Gasteiger partial charge in [-0.3, -0.25) is 0 Å². The first-order valence-electron chi connectivity index (χ1n) is 7.93. The van der Waals surface area contributed by atoms with Crippen LogP contribution in [0.25, 0.3) is 0 Å². The summed E-state index contributed by atoms with van der Waals surface area (Å²) in [4.78, 5) is 0. The van der Waals surface area contributed by atoms with Crippen molar-refractivity contribution in [3.8, 4) is 0 Å². The highest BCUT2D eigenvalue weighted by Crippen LogP contribution is 2.73. The van der Waals surface area contributed by atoms with E-state index in [9.17, 15) is 0 Å². The maximum absolute atomic E-state index is 2.67. The Hall–Kier alpha value is 0. The Balaban J connectivity index is 2.00. The molecule has 0 aliphatic heterocycles. The van der Waals surface area contributed by atoms with E-state index in [1.165, 1.54) is 32.1 Å². The van der Waals surface area contributed by atoms with Crippen LogP contribution < -0.4 is 0 Å². The van der Waals surface area contributed by atoms with Gasteiger partial charge >= 0.3 is 0 Å². The quantitative estimate of drug-likeness (QED) is 0.568. The van der Waals surface area contributed by atoms with Gasteiger partial charge in [0.05, 0.1) is 0 Å². The molecule has 0 heteroatoms. The molecule has 3 aliphatic carbocycles. The van der Waals surface area contributed by atoms with Gasteiger partial charge in [-0.1, -0.05) is 40.5 Å². The zero-order valence-electron chi connectivity index (χ0n) is 12.3. The van der Waals surface area contributed by atoms with E-state index in [2.05, 4.69) is 27.7 Å². The molecule has 3 fully saturated rings. The fourth-order valence-electron chi connectivity index (χ4n) is 6.48. The number of hydrogen-bond donors (Lipinski definition) is 0. The lowest BCUT2D eigenvalue weighted by atomic mass is 9.55. The van der Waals surface area contributed by atoms with Crippen LogP contribution in [0, 0.1) is 28.1 Å². The molecule has 4 atom stereocenters. The van der Waals surface area contributed by atoms with Crippen LogP contribution in [0.5, 0.6) is 0 Å². The lowest BCUT2D eigenvalue weighted by Crippen LogP contribution is -2.42. The molecule has 3 rings (SSSR count). The van der Waals surface area contributed by atoms with E-state index in [4.69, 9.17) is 0 Å². The molecule has 0 heterocycles. The van der Waals surface area contributed by atoms with Crippen molar-refractivity contribution in [1.82, 2.24) is 0 Å². The van der Waals surface area contributed by atoms with E-state index in [1.54, 1.807) is 19.3 Å². The Morgan fingerprint density at radius 3 is 2.53 bits per heavy atom. The van der Waals surface area contributed by atoms with Crippen LogP contribution in [-0.4, -0.2) is 0 Å². The molecule has 3 aliphatic rings. The standard InChI is InChI=1S/C17H30/c1-5-14-13-7-10-17(11-13)12-15(2,3)8-6-9-16(14,17)4/h13-14H,5-12H2,1-4H3. The van der Waals surface area contributed by atoms with Gasteiger partial charge in [-0.2, -0.15) is 0 Å². The molecular formula is C17H30. The Bertz CT molecular complexity index is 316. The van der Waals surface area contributed by atoms with Crippen molar-refractivity contribution < 1.29 is 0 Å². The summed E-state index contributed by atoms with van der Waals surface area (Å²) in [5, 5.41) is 0. The van der Waals surface area contributed by atoms with Crippen LogP contribution >= 0.6 is 0 Å². The SMILES string of the molecule is CCC1C2CCC3(C2)CC(C)(C)CCCC13C. The van der Waals surface area contributed by atoms with E-state index in [0.29, 0.717) is 10.8 Å². The third-order valence-electron chi connectivity index (χ3n) is 7.05. The summed E-state index contributed by atoms with van der Waals surface area (Å²) in [5.74, 6) is 2.13. The van der Waals surface area contributed by atoms with Gasteiger partial charge < -0.3 is 0 Å². The number of hydrogen-bond acceptors (Lipinski definition) is 0. The summed E-state index contributed by atoms with van der Waals surface area (Å²) in [6.07, 6.45) is 12.1. The van der Waals surface area contributed by atoms with Gasteiger partial charge in [0.2, 0.25) is 0 Å². The maximum atomic E-state index is 2.67. The summed E-state index contributed by atoms with van der Waals surface area (Å²) in [7, 11) is 0. The third kappa shape index (κ3) is 1.48. The Labute approximate surface area is 108 Å². The molecule has 0 radical (unpaired) electrons. The minimum Gasteiger partial charge on any atom is -0.0651 e. The smallest absolute Gasteiger partial charge is 0.0233 e. The monoisotopic (exact) mass is 234 g/mol. The molecule has 0 N–H and O–H groups in total. The van der Waals surface area contributed by atoms with Crippen molar-refractivity contribution in [3.63, 3.8) is 0 Å². The second-order valence-corrected chi connectivity index (χ2v) is 8.41. The van der Waals surface area contributed by atoms with E-state index in [0.717, 1.165) is 17.3 Å². The lowest BCUT2D eigenvalue weighted by Gasteiger charge is -2.50. The summed E-state index contributed by atoms with van der Waals surface area (Å²) in [6.45, 7) is 10.2. The van der Waals surface area contributed by atoms with Crippen LogP contribution in [0.3, 0.4) is 0 Å². The first-order chi connectivity index (χ1) is 7.93. The average Bonchev–Trinajstić information content (AvgIpc) is 2.67. The van der Waals surface area contributed by atoms with Gasteiger partial charge in [0.25, 0.3) is 0 Å². The van der Waals surface area contributed by atoms with Crippen molar-refractivity contribution >= 4 is 0 Å². The van der Waals surface area contributed by atoms with Crippen LogP contribution in [0.15, 0.2) is 0 Å². The fraction of sp³-hybridized carbons (Fsp3) is 1.00. The van der Waals surface area contributed by atoms with E-state index >= 15 is 0 Å². The van der Waals surface area contributed by atoms with Gasteiger partial charge in [-0.05, 0) is 66.6 Å². The number of rotatable bonds is 1. The topological polar surface area (TPSA) is 0 Å². The molecule has 0 aromatic carbocycles. The Morgan fingerprint density at radius 2 is 1.82 bits per heavy atom. The fourth-order valence-corrected chi connectivity index (χ4v) is 6.48. The molecule has 2 bridgehead atoms. The van der Waals surface area contributed by atoms with E-state index in [-0.39, 0.29) is 0 Å². The van der Waals surface area contributed by atoms with Gasteiger partial charge in [-0.25, -0.2) is 0 Å². The zero-order chi connectivity index (χ0) is 12.3. The summed E-state index contributed by atoms with van der Waals surface area (Å²) in [6, 6.07) is 0. The second kappa shape index (κ2) is 3.52. The van der Waals surface area contributed by atoms with E-state index < -0.39 is 0 Å². The summed E-state index contributed by atoms with van der Waals surface area (Å²) >= 11 is 0. The molecule has 0 aromatic rings. The molecule has 17 heavy (non-hydrogen) atoms. The Kier molecular flexibility index (Phi) is 2.49. The molecule has 98 valence electrons. The minimum atomic E-state index is 0.606. The highest BCUT2D eigenvalue weighted by molar-refractivity contribution is 5.14. The van der Waals surface area contributed by atoms with Crippen molar-refractivity contribution in [2.24, 2.45) is 28.1 Å². The highest BCUT2D eigenvalue weighted by Gasteiger charge is 2.64. The second-order valence-electron chi connectivity index (χ2n) is 8.41. The van der Waals surface area contributed by atoms with Gasteiger partial charge in [0.1, 0.15) is 0 Å². The van der Waals surface area contributed by atoms with Crippen molar-refractivity contribution in [2.45, 2.75) is 79.1 Å². The molecule has 0 amide bonds. The van der Waals surface area contributed by atoms with Crippen LogP contribution in [0.1, 0.15) is 79.1 Å². The molecule has 0 saturated heterocycles. The first kappa shape index (κ1) is 12.1.